The highest BCUT2D eigenvalue weighted by Crippen LogP contribution is 2.36. The van der Waals surface area contributed by atoms with Crippen molar-refractivity contribution in [1.82, 2.24) is 10.3 Å². The smallest absolute Gasteiger partial charge is 0.142 e. The molecule has 0 amide bonds. The normalized spacial score (nSPS) is 15.3. The van der Waals surface area contributed by atoms with Crippen LogP contribution in [0.25, 0.3) is 11.3 Å². The lowest BCUT2D eigenvalue weighted by Gasteiger charge is -2.25. The summed E-state index contributed by atoms with van der Waals surface area (Å²) in [6, 6.07) is 17.4. The topological polar surface area (TPSA) is 121 Å². The second kappa shape index (κ2) is 10.7. The molecule has 1 saturated heterocycles. The SMILES string of the molecule is CCc1ccc(N)cc1.Cc1cccc(O)c1-c1cc(C2CCCNC2)c(C#N)c(N)n1. The van der Waals surface area contributed by atoms with Crippen molar-refractivity contribution in [2.75, 3.05) is 24.6 Å². The maximum Gasteiger partial charge on any atom is 0.142 e. The van der Waals surface area contributed by atoms with Crippen LogP contribution in [0.15, 0.2) is 48.5 Å². The van der Waals surface area contributed by atoms with E-state index in [4.69, 9.17) is 11.5 Å². The number of nitrogens with one attached hydrogen (secondary N) is 1. The highest BCUT2D eigenvalue weighted by molar-refractivity contribution is 5.74. The number of phenols is 1. The lowest BCUT2D eigenvalue weighted by atomic mass is 9.87. The van der Waals surface area contributed by atoms with E-state index in [1.807, 2.05) is 31.2 Å². The zero-order chi connectivity index (χ0) is 23.1. The van der Waals surface area contributed by atoms with E-state index >= 15 is 0 Å². The van der Waals surface area contributed by atoms with E-state index in [2.05, 4.69) is 35.4 Å². The van der Waals surface area contributed by atoms with Crippen LogP contribution in [0.3, 0.4) is 0 Å². The summed E-state index contributed by atoms with van der Waals surface area (Å²) in [4.78, 5) is 4.37. The third kappa shape index (κ3) is 5.37. The van der Waals surface area contributed by atoms with Gasteiger partial charge in [-0.3, -0.25) is 0 Å². The van der Waals surface area contributed by atoms with Crippen LogP contribution in [0.1, 0.15) is 47.9 Å². The molecule has 4 rings (SSSR count). The first-order valence-corrected chi connectivity index (χ1v) is 11.0. The van der Waals surface area contributed by atoms with Crippen LogP contribution in [-0.4, -0.2) is 23.2 Å². The molecule has 2 heterocycles. The maximum atomic E-state index is 10.2. The molecule has 0 bridgehead atoms. The molecule has 3 aromatic rings. The van der Waals surface area contributed by atoms with Crippen molar-refractivity contribution in [2.45, 2.75) is 39.0 Å². The number of aryl methyl sites for hydroxylation is 2. The lowest BCUT2D eigenvalue weighted by Crippen LogP contribution is -2.29. The number of hydrogen-bond donors (Lipinski definition) is 4. The molecule has 6 heteroatoms. The highest BCUT2D eigenvalue weighted by atomic mass is 16.3. The molecule has 1 aromatic heterocycles. The van der Waals surface area contributed by atoms with Gasteiger partial charge in [-0.2, -0.15) is 5.26 Å². The number of phenolic OH excluding ortho intramolecular Hbond substituents is 1. The third-order valence-corrected chi connectivity index (χ3v) is 5.82. The van der Waals surface area contributed by atoms with Gasteiger partial charge in [-0.15, -0.1) is 0 Å². The minimum Gasteiger partial charge on any atom is -0.507 e. The average Bonchev–Trinajstić information content (AvgIpc) is 2.80. The molecule has 0 radical (unpaired) electrons. The van der Waals surface area contributed by atoms with E-state index in [0.29, 0.717) is 16.8 Å². The van der Waals surface area contributed by atoms with Crippen molar-refractivity contribution in [3.63, 3.8) is 0 Å². The maximum absolute atomic E-state index is 10.2. The fourth-order valence-corrected chi connectivity index (χ4v) is 4.01. The molecule has 2 aromatic carbocycles. The highest BCUT2D eigenvalue weighted by Gasteiger charge is 2.22. The summed E-state index contributed by atoms with van der Waals surface area (Å²) in [5.41, 5.74) is 17.3. The summed E-state index contributed by atoms with van der Waals surface area (Å²) >= 11 is 0. The Bertz CT molecular complexity index is 1080. The fourth-order valence-electron chi connectivity index (χ4n) is 4.01. The standard InChI is InChI=1S/C18H20N4O.C8H11N/c1-11-4-2-6-16(23)17(11)15-8-13(12-5-3-7-21-10-12)14(9-19)18(20)22-15;1-2-7-3-5-8(9)6-4-7/h2,4,6,8,12,21,23H,3,5,7,10H2,1H3,(H2,20,22);3-6H,2,9H2,1H3. The minimum atomic E-state index is 0.175. The zero-order valence-corrected chi connectivity index (χ0v) is 18.7. The zero-order valence-electron chi connectivity index (χ0n) is 18.7. The van der Waals surface area contributed by atoms with Gasteiger partial charge < -0.3 is 21.9 Å². The van der Waals surface area contributed by atoms with Gasteiger partial charge in [0.2, 0.25) is 0 Å². The Morgan fingerprint density at radius 2 is 1.94 bits per heavy atom. The number of benzene rings is 2. The van der Waals surface area contributed by atoms with E-state index in [0.717, 1.165) is 49.2 Å². The van der Waals surface area contributed by atoms with Crippen LogP contribution in [0.2, 0.25) is 0 Å². The summed E-state index contributed by atoms with van der Waals surface area (Å²) in [6.07, 6.45) is 3.17. The van der Waals surface area contributed by atoms with E-state index in [9.17, 15) is 10.4 Å². The second-order valence-corrected chi connectivity index (χ2v) is 8.08. The van der Waals surface area contributed by atoms with Crippen LogP contribution in [0.4, 0.5) is 11.5 Å². The molecule has 0 spiro atoms. The minimum absolute atomic E-state index is 0.175. The second-order valence-electron chi connectivity index (χ2n) is 8.08. The van der Waals surface area contributed by atoms with Gasteiger partial charge in [-0.25, -0.2) is 4.98 Å². The van der Waals surface area contributed by atoms with E-state index in [1.54, 1.807) is 12.1 Å². The largest absolute Gasteiger partial charge is 0.507 e. The first-order chi connectivity index (χ1) is 15.4. The number of anilines is 2. The molecular formula is C26H31N5O. The Morgan fingerprint density at radius 3 is 2.53 bits per heavy atom. The Hall–Kier alpha value is -3.56. The monoisotopic (exact) mass is 429 g/mol. The summed E-state index contributed by atoms with van der Waals surface area (Å²) in [5.74, 6) is 0.649. The molecule has 0 saturated carbocycles. The van der Waals surface area contributed by atoms with Crippen molar-refractivity contribution in [3.05, 3.63) is 70.8 Å². The van der Waals surface area contributed by atoms with Gasteiger partial charge >= 0.3 is 0 Å². The number of pyridine rings is 1. The van der Waals surface area contributed by atoms with Gasteiger partial charge in [0, 0.05) is 17.8 Å². The third-order valence-electron chi connectivity index (χ3n) is 5.82. The summed E-state index contributed by atoms with van der Waals surface area (Å²) in [7, 11) is 0. The molecule has 32 heavy (non-hydrogen) atoms. The molecule has 1 unspecified atom stereocenters. The number of rotatable bonds is 3. The number of aromatic nitrogens is 1. The van der Waals surface area contributed by atoms with E-state index in [-0.39, 0.29) is 17.5 Å². The summed E-state index contributed by atoms with van der Waals surface area (Å²) < 4.78 is 0. The van der Waals surface area contributed by atoms with Crippen molar-refractivity contribution in [1.29, 1.82) is 5.26 Å². The van der Waals surface area contributed by atoms with Crippen molar-refractivity contribution in [3.8, 4) is 23.1 Å². The molecular weight excluding hydrogens is 398 g/mol. The van der Waals surface area contributed by atoms with Gasteiger partial charge in [0.05, 0.1) is 11.3 Å². The quantitative estimate of drug-likeness (QED) is 0.454. The number of piperidine rings is 1. The predicted octanol–water partition coefficient (Wildman–Crippen LogP) is 4.51. The van der Waals surface area contributed by atoms with Gasteiger partial charge in [-0.05, 0) is 79.6 Å². The van der Waals surface area contributed by atoms with Crippen molar-refractivity contribution >= 4 is 11.5 Å². The Balaban J connectivity index is 0.000000269. The van der Waals surface area contributed by atoms with E-state index < -0.39 is 0 Å². The molecule has 166 valence electrons. The lowest BCUT2D eigenvalue weighted by molar-refractivity contribution is 0.461. The molecule has 0 aliphatic carbocycles. The average molecular weight is 430 g/mol. The van der Waals surface area contributed by atoms with Crippen LogP contribution in [0.5, 0.6) is 5.75 Å². The number of nitrogens with two attached hydrogens (primary N) is 2. The van der Waals surface area contributed by atoms with Gasteiger partial charge in [0.25, 0.3) is 0 Å². The van der Waals surface area contributed by atoms with Gasteiger partial charge in [-0.1, -0.05) is 31.2 Å². The van der Waals surface area contributed by atoms with Crippen molar-refractivity contribution in [2.24, 2.45) is 0 Å². The van der Waals surface area contributed by atoms with E-state index in [1.165, 1.54) is 5.56 Å². The van der Waals surface area contributed by atoms with Crippen LogP contribution in [-0.2, 0) is 6.42 Å². The number of hydrogen-bond acceptors (Lipinski definition) is 6. The molecule has 1 aliphatic heterocycles. The summed E-state index contributed by atoms with van der Waals surface area (Å²) in [5, 5.41) is 23.0. The van der Waals surface area contributed by atoms with Crippen LogP contribution in [0, 0.1) is 18.3 Å². The van der Waals surface area contributed by atoms with Crippen LogP contribution >= 0.6 is 0 Å². The molecule has 6 N–H and O–H groups in total. The Kier molecular flexibility index (Phi) is 7.69. The molecule has 1 atom stereocenters. The number of nitriles is 1. The fraction of sp³-hybridized carbons (Fsp3) is 0.308. The number of nitrogens with zero attached hydrogens (tertiary/aromatic N) is 2. The first-order valence-electron chi connectivity index (χ1n) is 11.0. The molecule has 6 nitrogen and oxygen atoms in total. The first kappa shape index (κ1) is 23.1. The Labute approximate surface area is 189 Å². The predicted molar refractivity (Wildman–Crippen MR) is 130 cm³/mol. The van der Waals surface area contributed by atoms with Gasteiger partial charge in [0.1, 0.15) is 17.6 Å². The Morgan fingerprint density at radius 1 is 1.19 bits per heavy atom. The number of nitrogen functional groups attached to an aromatic ring is 2. The van der Waals surface area contributed by atoms with Crippen molar-refractivity contribution < 1.29 is 5.11 Å². The van der Waals surface area contributed by atoms with Gasteiger partial charge in [0.15, 0.2) is 0 Å². The molecule has 1 aliphatic rings. The molecule has 1 fully saturated rings. The summed E-state index contributed by atoms with van der Waals surface area (Å²) in [6.45, 7) is 5.89. The van der Waals surface area contributed by atoms with Crippen LogP contribution < -0.4 is 16.8 Å². The number of aromatic hydroxyl groups is 1.